The lowest BCUT2D eigenvalue weighted by atomic mass is 10.0. The van der Waals surface area contributed by atoms with Crippen LogP contribution in [0.2, 0.25) is 0 Å². The molecule has 2 saturated heterocycles. The number of benzene rings is 2. The van der Waals surface area contributed by atoms with Gasteiger partial charge in [-0.05, 0) is 70.4 Å². The normalized spacial score (nSPS) is 21.9. The van der Waals surface area contributed by atoms with Crippen LogP contribution in [0.5, 0.6) is 5.75 Å². The fourth-order valence-electron chi connectivity index (χ4n) is 5.39. The number of likely N-dealkylation sites (tertiary alicyclic amines) is 1. The summed E-state index contributed by atoms with van der Waals surface area (Å²) in [5.74, 6) is 0.489. The molecule has 3 aromatic rings. The van der Waals surface area contributed by atoms with Gasteiger partial charge in [0.2, 0.25) is 5.76 Å². The second-order valence-corrected chi connectivity index (χ2v) is 10.4. The molecule has 0 spiro atoms. The minimum Gasteiger partial charge on any atom is -0.490 e. The van der Waals surface area contributed by atoms with Gasteiger partial charge in [0.1, 0.15) is 23.3 Å². The van der Waals surface area contributed by atoms with Crippen molar-refractivity contribution in [2.24, 2.45) is 0 Å². The molecule has 2 aliphatic rings. The van der Waals surface area contributed by atoms with E-state index in [1.54, 1.807) is 17.0 Å². The Morgan fingerprint density at radius 2 is 1.69 bits per heavy atom. The maximum absolute atomic E-state index is 13.7. The first kappa shape index (κ1) is 24.8. The summed E-state index contributed by atoms with van der Waals surface area (Å²) in [6.07, 6.45) is 2.00. The van der Waals surface area contributed by atoms with Gasteiger partial charge in [-0.2, -0.15) is 0 Å². The van der Waals surface area contributed by atoms with Gasteiger partial charge in [-0.25, -0.2) is 4.39 Å². The van der Waals surface area contributed by atoms with Crippen molar-refractivity contribution in [2.45, 2.75) is 64.9 Å². The number of furan rings is 1. The highest BCUT2D eigenvalue weighted by Crippen LogP contribution is 2.38. The number of carbonyl (C=O) groups excluding carboxylic acids is 1. The van der Waals surface area contributed by atoms with Gasteiger partial charge in [0.15, 0.2) is 0 Å². The molecule has 0 saturated carbocycles. The number of morpholine rings is 1. The van der Waals surface area contributed by atoms with Crippen LogP contribution in [0.25, 0.3) is 22.1 Å². The van der Waals surface area contributed by atoms with Crippen molar-refractivity contribution in [1.29, 1.82) is 0 Å². The van der Waals surface area contributed by atoms with Gasteiger partial charge in [0, 0.05) is 49.2 Å². The molecule has 2 atom stereocenters. The van der Waals surface area contributed by atoms with Crippen LogP contribution in [0.4, 0.5) is 4.39 Å². The van der Waals surface area contributed by atoms with Gasteiger partial charge in [-0.3, -0.25) is 4.79 Å². The van der Waals surface area contributed by atoms with Crippen LogP contribution in [0.3, 0.4) is 0 Å². The first-order valence-electron chi connectivity index (χ1n) is 13.0. The Hall–Kier alpha value is -2.90. The Morgan fingerprint density at radius 3 is 2.33 bits per heavy atom. The van der Waals surface area contributed by atoms with Crippen LogP contribution in [-0.4, -0.2) is 66.2 Å². The van der Waals surface area contributed by atoms with Crippen LogP contribution >= 0.6 is 0 Å². The number of nitrogens with zero attached hydrogens (tertiary/aromatic N) is 2. The third-order valence-electron chi connectivity index (χ3n) is 7.21. The molecule has 0 bridgehead atoms. The van der Waals surface area contributed by atoms with Crippen LogP contribution in [-0.2, 0) is 4.74 Å². The molecule has 7 heteroatoms. The second kappa shape index (κ2) is 10.2. The van der Waals surface area contributed by atoms with E-state index in [0.29, 0.717) is 30.3 Å². The number of fused-ring (bicyclic) bond motifs is 1. The van der Waals surface area contributed by atoms with Crippen molar-refractivity contribution in [1.82, 2.24) is 9.80 Å². The Bertz CT molecular complexity index is 1200. The molecule has 192 valence electrons. The summed E-state index contributed by atoms with van der Waals surface area (Å²) in [4.78, 5) is 17.9. The van der Waals surface area contributed by atoms with E-state index in [4.69, 9.17) is 13.9 Å². The number of amides is 1. The maximum Gasteiger partial charge on any atom is 0.290 e. The molecule has 0 radical (unpaired) electrons. The highest BCUT2D eigenvalue weighted by molar-refractivity contribution is 6.08. The lowest BCUT2D eigenvalue weighted by Crippen LogP contribution is -2.48. The number of hydrogen-bond acceptors (Lipinski definition) is 5. The molecule has 5 rings (SSSR count). The number of hydrogen-bond donors (Lipinski definition) is 0. The predicted molar refractivity (Wildman–Crippen MR) is 138 cm³/mol. The van der Waals surface area contributed by atoms with E-state index in [0.717, 1.165) is 42.6 Å². The van der Waals surface area contributed by atoms with Gasteiger partial charge in [-0.15, -0.1) is 0 Å². The highest BCUT2D eigenvalue weighted by Gasteiger charge is 2.32. The van der Waals surface area contributed by atoms with Gasteiger partial charge in [-0.1, -0.05) is 12.1 Å². The molecule has 1 aromatic heterocycles. The smallest absolute Gasteiger partial charge is 0.290 e. The standard InChI is InChI=1S/C29H35FN2O4/c1-18(2)31-13-11-23(12-14-31)35-24-9-10-25-26(15-24)36-28(27(25)21-5-7-22(30)8-6-21)29(33)32-16-19(3)34-20(4)17-32/h5-10,15,18-20,23H,11-14,16-17H2,1-4H3/t19-,20+. The van der Waals surface area contributed by atoms with Crippen LogP contribution in [0.1, 0.15) is 51.1 Å². The minimum atomic E-state index is -0.325. The molecule has 0 N–H and O–H groups in total. The number of ether oxygens (including phenoxy) is 2. The van der Waals surface area contributed by atoms with E-state index in [-0.39, 0.29) is 35.8 Å². The summed E-state index contributed by atoms with van der Waals surface area (Å²) in [6.45, 7) is 11.4. The number of piperidine rings is 1. The molecule has 0 aliphatic carbocycles. The third-order valence-corrected chi connectivity index (χ3v) is 7.21. The molecular formula is C29H35FN2O4. The molecule has 3 heterocycles. The van der Waals surface area contributed by atoms with E-state index in [2.05, 4.69) is 18.7 Å². The Kier molecular flexibility index (Phi) is 7.04. The zero-order valence-electron chi connectivity index (χ0n) is 21.5. The molecule has 1 amide bonds. The summed E-state index contributed by atoms with van der Waals surface area (Å²) in [5, 5.41) is 0.807. The Labute approximate surface area is 212 Å². The van der Waals surface area contributed by atoms with Gasteiger partial charge < -0.3 is 23.7 Å². The van der Waals surface area contributed by atoms with Gasteiger partial charge in [0.25, 0.3) is 5.91 Å². The molecular weight excluding hydrogens is 459 g/mol. The number of halogens is 1. The lowest BCUT2D eigenvalue weighted by molar-refractivity contribution is -0.0591. The minimum absolute atomic E-state index is 0.0570. The lowest BCUT2D eigenvalue weighted by Gasteiger charge is -2.35. The number of rotatable bonds is 5. The quantitative estimate of drug-likeness (QED) is 0.453. The first-order chi connectivity index (χ1) is 17.3. The van der Waals surface area contributed by atoms with Crippen molar-refractivity contribution >= 4 is 16.9 Å². The highest BCUT2D eigenvalue weighted by atomic mass is 19.1. The topological polar surface area (TPSA) is 55.2 Å². The average molecular weight is 495 g/mol. The molecule has 2 aromatic carbocycles. The molecule has 2 fully saturated rings. The fraction of sp³-hybridized carbons (Fsp3) is 0.483. The van der Waals surface area contributed by atoms with Crippen molar-refractivity contribution in [3.63, 3.8) is 0 Å². The average Bonchev–Trinajstić information content (AvgIpc) is 3.22. The second-order valence-electron chi connectivity index (χ2n) is 10.4. The van der Waals surface area contributed by atoms with Crippen LogP contribution < -0.4 is 4.74 Å². The van der Waals surface area contributed by atoms with E-state index in [9.17, 15) is 9.18 Å². The van der Waals surface area contributed by atoms with Gasteiger partial charge in [0.05, 0.1) is 12.2 Å². The monoisotopic (exact) mass is 494 g/mol. The largest absolute Gasteiger partial charge is 0.490 e. The van der Waals surface area contributed by atoms with Crippen molar-refractivity contribution in [2.75, 3.05) is 26.2 Å². The summed E-state index contributed by atoms with van der Waals surface area (Å²) in [7, 11) is 0. The fourth-order valence-corrected chi connectivity index (χ4v) is 5.39. The van der Waals surface area contributed by atoms with E-state index in [1.807, 2.05) is 32.0 Å². The summed E-state index contributed by atoms with van der Waals surface area (Å²) in [5.41, 5.74) is 2.00. The van der Waals surface area contributed by atoms with Gasteiger partial charge >= 0.3 is 0 Å². The van der Waals surface area contributed by atoms with Crippen molar-refractivity contribution < 1.29 is 23.1 Å². The van der Waals surface area contributed by atoms with E-state index < -0.39 is 0 Å². The zero-order chi connectivity index (χ0) is 25.4. The third kappa shape index (κ3) is 5.13. The SMILES string of the molecule is CC(C)N1CCC(Oc2ccc3c(-c4ccc(F)cc4)c(C(=O)N4C[C@@H](C)O[C@@H](C)C4)oc3c2)CC1. The van der Waals surface area contributed by atoms with Crippen molar-refractivity contribution in [3.05, 3.63) is 54.0 Å². The molecule has 0 unspecified atom stereocenters. The van der Waals surface area contributed by atoms with Crippen LogP contribution in [0, 0.1) is 5.82 Å². The Morgan fingerprint density at radius 1 is 1.03 bits per heavy atom. The molecule has 36 heavy (non-hydrogen) atoms. The van der Waals surface area contributed by atoms with E-state index >= 15 is 0 Å². The van der Waals surface area contributed by atoms with Crippen molar-refractivity contribution in [3.8, 4) is 16.9 Å². The summed E-state index contributed by atoms with van der Waals surface area (Å²) >= 11 is 0. The zero-order valence-corrected chi connectivity index (χ0v) is 21.5. The predicted octanol–water partition coefficient (Wildman–Crippen LogP) is 5.74. The Balaban J connectivity index is 1.47. The molecule has 2 aliphatic heterocycles. The first-order valence-corrected chi connectivity index (χ1v) is 13.0. The maximum atomic E-state index is 13.7. The summed E-state index contributed by atoms with van der Waals surface area (Å²) in [6, 6.07) is 12.5. The van der Waals surface area contributed by atoms with E-state index in [1.165, 1.54) is 12.1 Å². The van der Waals surface area contributed by atoms with Crippen LogP contribution in [0.15, 0.2) is 46.9 Å². The number of carbonyl (C=O) groups is 1. The molecule has 6 nitrogen and oxygen atoms in total. The summed E-state index contributed by atoms with van der Waals surface area (Å²) < 4.78 is 32.1.